The molecule has 1 heterocycles. The van der Waals surface area contributed by atoms with Crippen molar-refractivity contribution in [1.82, 2.24) is 10.3 Å². The van der Waals surface area contributed by atoms with Gasteiger partial charge in [-0.05, 0) is 53.2 Å². The zero-order chi connectivity index (χ0) is 15.2. The zero-order valence-corrected chi connectivity index (χ0v) is 14.8. The van der Waals surface area contributed by atoms with E-state index >= 15 is 0 Å². The number of benzene rings is 1. The van der Waals surface area contributed by atoms with Gasteiger partial charge in [-0.25, -0.2) is 0 Å². The summed E-state index contributed by atoms with van der Waals surface area (Å²) in [5.41, 5.74) is 1.95. The molecule has 0 radical (unpaired) electrons. The molecule has 0 spiro atoms. The van der Waals surface area contributed by atoms with E-state index < -0.39 is 0 Å². The van der Waals surface area contributed by atoms with Gasteiger partial charge in [0, 0.05) is 44.4 Å². The Hall–Kier alpha value is -0.610. The van der Waals surface area contributed by atoms with Crippen molar-refractivity contribution < 1.29 is 0 Å². The molecule has 0 bridgehead atoms. The van der Waals surface area contributed by atoms with Crippen molar-refractivity contribution in [1.29, 1.82) is 0 Å². The molecular weight excluding hydrogens is 371 g/mol. The molecule has 1 unspecified atom stereocenters. The normalized spacial score (nSPS) is 12.4. The third kappa shape index (κ3) is 4.68. The number of nitrogens with zero attached hydrogens (tertiary/aromatic N) is 1. The summed E-state index contributed by atoms with van der Waals surface area (Å²) in [6, 6.07) is 9.67. The van der Waals surface area contributed by atoms with Crippen molar-refractivity contribution in [2.45, 2.75) is 25.8 Å². The summed E-state index contributed by atoms with van der Waals surface area (Å²) in [6.45, 7) is 3.04. The van der Waals surface area contributed by atoms with Gasteiger partial charge in [-0.3, -0.25) is 4.98 Å². The largest absolute Gasteiger partial charge is 0.310 e. The summed E-state index contributed by atoms with van der Waals surface area (Å²) in [4.78, 5) is 4.44. The molecule has 0 aliphatic heterocycles. The second-order valence-electron chi connectivity index (χ2n) is 4.81. The Morgan fingerprint density at radius 1 is 1.19 bits per heavy atom. The van der Waals surface area contributed by atoms with Crippen LogP contribution in [0.3, 0.4) is 0 Å². The summed E-state index contributed by atoms with van der Waals surface area (Å²) in [7, 11) is 0. The van der Waals surface area contributed by atoms with Crippen molar-refractivity contribution in [2.24, 2.45) is 0 Å². The van der Waals surface area contributed by atoms with Crippen LogP contribution in [0.4, 0.5) is 0 Å². The summed E-state index contributed by atoms with van der Waals surface area (Å²) < 4.78 is 0.972. The Labute approximate surface area is 144 Å². The third-order valence-electron chi connectivity index (χ3n) is 3.19. The molecule has 0 saturated carbocycles. The number of aromatic nitrogens is 1. The van der Waals surface area contributed by atoms with E-state index in [-0.39, 0.29) is 6.04 Å². The minimum atomic E-state index is 0.0554. The quantitative estimate of drug-likeness (QED) is 0.714. The molecule has 1 N–H and O–H groups in total. The van der Waals surface area contributed by atoms with E-state index in [0.717, 1.165) is 35.1 Å². The molecular formula is C16H17BrCl2N2. The van der Waals surface area contributed by atoms with Gasteiger partial charge in [-0.2, -0.15) is 0 Å². The predicted octanol–water partition coefficient (Wildman–Crippen LogP) is 5.43. The SMILES string of the molecule is CCCNC(Cc1ccc(Br)cn1)c1c(Cl)cccc1Cl. The molecule has 0 fully saturated rings. The molecule has 21 heavy (non-hydrogen) atoms. The molecule has 1 aromatic carbocycles. The number of nitrogens with one attached hydrogen (secondary N) is 1. The van der Waals surface area contributed by atoms with Gasteiger partial charge in [-0.15, -0.1) is 0 Å². The lowest BCUT2D eigenvalue weighted by Gasteiger charge is -2.21. The highest BCUT2D eigenvalue weighted by Gasteiger charge is 2.18. The van der Waals surface area contributed by atoms with Crippen molar-refractivity contribution in [3.05, 3.63) is 62.3 Å². The maximum absolute atomic E-state index is 6.34. The van der Waals surface area contributed by atoms with Crippen molar-refractivity contribution in [3.8, 4) is 0 Å². The Kier molecular flexibility index (Phi) is 6.49. The summed E-state index contributed by atoms with van der Waals surface area (Å²) in [5, 5.41) is 4.89. The van der Waals surface area contributed by atoms with Crippen LogP contribution in [0.25, 0.3) is 0 Å². The molecule has 0 saturated heterocycles. The van der Waals surface area contributed by atoms with Crippen LogP contribution in [0, 0.1) is 0 Å². The summed E-state index contributed by atoms with van der Waals surface area (Å²) in [6.07, 6.45) is 3.60. The highest BCUT2D eigenvalue weighted by atomic mass is 79.9. The molecule has 2 nitrogen and oxygen atoms in total. The Morgan fingerprint density at radius 2 is 1.90 bits per heavy atom. The second kappa shape index (κ2) is 8.14. The molecule has 0 aliphatic carbocycles. The average Bonchev–Trinajstić information content (AvgIpc) is 2.46. The Morgan fingerprint density at radius 3 is 2.48 bits per heavy atom. The van der Waals surface area contributed by atoms with E-state index in [1.807, 2.05) is 30.3 Å². The standard InChI is InChI=1S/C16H17BrCl2N2/c1-2-8-20-15(9-12-7-6-11(17)10-21-12)16-13(18)4-3-5-14(16)19/h3-7,10,15,20H,2,8-9H2,1H3. The number of rotatable bonds is 6. The van der Waals surface area contributed by atoms with Crippen LogP contribution < -0.4 is 5.32 Å². The molecule has 0 amide bonds. The Bertz CT molecular complexity index is 567. The second-order valence-corrected chi connectivity index (χ2v) is 6.54. The van der Waals surface area contributed by atoms with E-state index in [1.54, 1.807) is 6.20 Å². The topological polar surface area (TPSA) is 24.9 Å². The van der Waals surface area contributed by atoms with Gasteiger partial charge in [0.05, 0.1) is 0 Å². The van der Waals surface area contributed by atoms with Gasteiger partial charge in [0.25, 0.3) is 0 Å². The minimum Gasteiger partial charge on any atom is -0.310 e. The number of pyridine rings is 1. The minimum absolute atomic E-state index is 0.0554. The van der Waals surface area contributed by atoms with Crippen molar-refractivity contribution >= 4 is 39.1 Å². The van der Waals surface area contributed by atoms with E-state index in [0.29, 0.717) is 10.0 Å². The smallest absolute Gasteiger partial charge is 0.0468 e. The third-order valence-corrected chi connectivity index (χ3v) is 4.32. The molecule has 1 aromatic heterocycles. The molecule has 112 valence electrons. The predicted molar refractivity (Wildman–Crippen MR) is 93.1 cm³/mol. The lowest BCUT2D eigenvalue weighted by Crippen LogP contribution is -2.25. The van der Waals surface area contributed by atoms with Gasteiger partial charge in [0.1, 0.15) is 0 Å². The highest BCUT2D eigenvalue weighted by Crippen LogP contribution is 2.32. The molecule has 5 heteroatoms. The van der Waals surface area contributed by atoms with E-state index in [9.17, 15) is 0 Å². The number of hydrogen-bond donors (Lipinski definition) is 1. The molecule has 0 aliphatic rings. The molecule has 2 aromatic rings. The fourth-order valence-electron chi connectivity index (χ4n) is 2.17. The van der Waals surface area contributed by atoms with Crippen LogP contribution in [0.1, 0.15) is 30.6 Å². The zero-order valence-electron chi connectivity index (χ0n) is 11.7. The number of hydrogen-bond acceptors (Lipinski definition) is 2. The van der Waals surface area contributed by atoms with Crippen LogP contribution in [0.15, 0.2) is 41.0 Å². The Balaban J connectivity index is 2.27. The van der Waals surface area contributed by atoms with Gasteiger partial charge in [-0.1, -0.05) is 36.2 Å². The monoisotopic (exact) mass is 386 g/mol. The van der Waals surface area contributed by atoms with E-state index in [1.165, 1.54) is 0 Å². The first-order valence-electron chi connectivity index (χ1n) is 6.89. The summed E-state index contributed by atoms with van der Waals surface area (Å²) >= 11 is 16.1. The first-order chi connectivity index (χ1) is 10.1. The fraction of sp³-hybridized carbons (Fsp3) is 0.312. The first kappa shape index (κ1) is 16.8. The van der Waals surface area contributed by atoms with Gasteiger partial charge < -0.3 is 5.32 Å². The van der Waals surface area contributed by atoms with Crippen LogP contribution in [0.5, 0.6) is 0 Å². The number of halogens is 3. The van der Waals surface area contributed by atoms with Gasteiger partial charge >= 0.3 is 0 Å². The molecule has 2 rings (SSSR count). The fourth-order valence-corrected chi connectivity index (χ4v) is 3.07. The van der Waals surface area contributed by atoms with Gasteiger partial charge in [0.15, 0.2) is 0 Å². The van der Waals surface area contributed by atoms with Gasteiger partial charge in [0.2, 0.25) is 0 Å². The van der Waals surface area contributed by atoms with Crippen LogP contribution in [0.2, 0.25) is 10.0 Å². The lowest BCUT2D eigenvalue weighted by molar-refractivity contribution is 0.524. The van der Waals surface area contributed by atoms with E-state index in [2.05, 4.69) is 33.2 Å². The van der Waals surface area contributed by atoms with Crippen LogP contribution >= 0.6 is 39.1 Å². The highest BCUT2D eigenvalue weighted by molar-refractivity contribution is 9.10. The van der Waals surface area contributed by atoms with Crippen molar-refractivity contribution in [2.75, 3.05) is 6.54 Å². The molecule has 1 atom stereocenters. The van der Waals surface area contributed by atoms with Crippen LogP contribution in [-0.4, -0.2) is 11.5 Å². The average molecular weight is 388 g/mol. The lowest BCUT2D eigenvalue weighted by atomic mass is 10.0. The maximum atomic E-state index is 6.34. The van der Waals surface area contributed by atoms with E-state index in [4.69, 9.17) is 23.2 Å². The van der Waals surface area contributed by atoms with Crippen molar-refractivity contribution in [3.63, 3.8) is 0 Å². The first-order valence-corrected chi connectivity index (χ1v) is 8.44. The van der Waals surface area contributed by atoms with Crippen LogP contribution in [-0.2, 0) is 6.42 Å². The maximum Gasteiger partial charge on any atom is 0.0468 e. The summed E-state index contributed by atoms with van der Waals surface area (Å²) in [5.74, 6) is 0.